The van der Waals surface area contributed by atoms with Gasteiger partial charge in [-0.15, -0.1) is 22.7 Å². The first-order valence-corrected chi connectivity index (χ1v) is 10.7. The molecule has 0 saturated heterocycles. The highest BCUT2D eigenvalue weighted by Crippen LogP contribution is 2.40. The van der Waals surface area contributed by atoms with Crippen LogP contribution < -0.4 is 0 Å². The van der Waals surface area contributed by atoms with Crippen LogP contribution in [0.5, 0.6) is 0 Å². The summed E-state index contributed by atoms with van der Waals surface area (Å²) in [6, 6.07) is 25.6. The van der Waals surface area contributed by atoms with Crippen molar-refractivity contribution in [3.8, 4) is 10.6 Å². The van der Waals surface area contributed by atoms with E-state index in [1.165, 1.54) is 41.2 Å². The Bertz CT molecular complexity index is 1490. The molecule has 128 valence electrons. The predicted octanol–water partition coefficient (Wildman–Crippen LogP) is 8.14. The Labute approximate surface area is 168 Å². The van der Waals surface area contributed by atoms with Crippen molar-refractivity contribution in [2.75, 3.05) is 0 Å². The Balaban J connectivity index is 1.57. The van der Waals surface area contributed by atoms with Gasteiger partial charge in [-0.05, 0) is 47.2 Å². The summed E-state index contributed by atoms with van der Waals surface area (Å²) in [5.41, 5.74) is 2.24. The monoisotopic (exact) mass is 401 g/mol. The van der Waals surface area contributed by atoms with Gasteiger partial charge in [0.1, 0.15) is 5.01 Å². The molecule has 0 spiro atoms. The quantitative estimate of drug-likeness (QED) is 0.271. The lowest BCUT2D eigenvalue weighted by Gasteiger charge is -2.00. The Hall–Kier alpha value is -2.46. The molecule has 1 nitrogen and oxygen atoms in total. The molecule has 0 aliphatic rings. The van der Waals surface area contributed by atoms with Crippen LogP contribution in [0, 0.1) is 0 Å². The summed E-state index contributed by atoms with van der Waals surface area (Å²) in [5, 5.41) is 6.84. The second kappa shape index (κ2) is 5.77. The molecule has 2 aromatic heterocycles. The number of thiazole rings is 1. The van der Waals surface area contributed by atoms with E-state index in [1.807, 2.05) is 6.07 Å². The number of hydrogen-bond acceptors (Lipinski definition) is 3. The number of benzene rings is 4. The predicted molar refractivity (Wildman–Crippen MR) is 120 cm³/mol. The number of nitrogens with zero attached hydrogens (tertiary/aromatic N) is 1. The van der Waals surface area contributed by atoms with E-state index in [-0.39, 0.29) is 0 Å². The van der Waals surface area contributed by atoms with Gasteiger partial charge in [0.2, 0.25) is 0 Å². The normalized spacial score (nSPS) is 11.9. The zero-order valence-corrected chi connectivity index (χ0v) is 16.5. The summed E-state index contributed by atoms with van der Waals surface area (Å²) in [7, 11) is 0. The standard InChI is InChI=1S/C23H12ClNS2/c24-16-7-8-20-17(10-16)18-11-22-19(12-21(18)26-20)25-23(27-22)15-6-5-13-3-1-2-4-14(13)9-15/h1-12H. The lowest BCUT2D eigenvalue weighted by Crippen LogP contribution is -1.77. The molecule has 0 saturated carbocycles. The third-order valence-electron chi connectivity index (χ3n) is 4.94. The van der Waals surface area contributed by atoms with E-state index < -0.39 is 0 Å². The van der Waals surface area contributed by atoms with Crippen LogP contribution in [0.3, 0.4) is 0 Å². The lowest BCUT2D eigenvalue weighted by atomic mass is 10.1. The van der Waals surface area contributed by atoms with Gasteiger partial charge in [-0.2, -0.15) is 0 Å². The second-order valence-corrected chi connectivity index (χ2v) is 9.19. The van der Waals surface area contributed by atoms with E-state index in [0.717, 1.165) is 15.5 Å². The largest absolute Gasteiger partial charge is 0.236 e. The number of thiophene rings is 1. The fraction of sp³-hybridized carbons (Fsp3) is 0. The molecule has 0 bridgehead atoms. The van der Waals surface area contributed by atoms with Crippen LogP contribution >= 0.6 is 34.3 Å². The third kappa shape index (κ3) is 2.47. The molecule has 0 atom stereocenters. The van der Waals surface area contributed by atoms with Crippen molar-refractivity contribution in [2.45, 2.75) is 0 Å². The summed E-state index contributed by atoms with van der Waals surface area (Å²) < 4.78 is 3.74. The number of hydrogen-bond donors (Lipinski definition) is 0. The molecule has 4 heteroatoms. The van der Waals surface area contributed by atoms with E-state index in [9.17, 15) is 0 Å². The van der Waals surface area contributed by atoms with Crippen LogP contribution in [0.1, 0.15) is 0 Å². The Morgan fingerprint density at radius 3 is 2.44 bits per heavy atom. The number of fused-ring (bicyclic) bond motifs is 5. The van der Waals surface area contributed by atoms with Crippen molar-refractivity contribution in [3.63, 3.8) is 0 Å². The van der Waals surface area contributed by atoms with Crippen molar-refractivity contribution >= 4 is 75.4 Å². The molecule has 6 aromatic rings. The average molecular weight is 402 g/mol. The molecule has 0 amide bonds. The molecule has 0 fully saturated rings. The van der Waals surface area contributed by atoms with E-state index in [4.69, 9.17) is 16.6 Å². The molecule has 0 radical (unpaired) electrons. The van der Waals surface area contributed by atoms with E-state index in [1.54, 1.807) is 22.7 Å². The molecule has 4 aromatic carbocycles. The lowest BCUT2D eigenvalue weighted by molar-refractivity contribution is 1.49. The summed E-state index contributed by atoms with van der Waals surface area (Å²) >= 11 is 9.77. The van der Waals surface area contributed by atoms with Gasteiger partial charge >= 0.3 is 0 Å². The first kappa shape index (κ1) is 15.6. The molecule has 2 heterocycles. The summed E-state index contributed by atoms with van der Waals surface area (Å²) in [6.45, 7) is 0. The van der Waals surface area contributed by atoms with Crippen LogP contribution in [-0.4, -0.2) is 4.98 Å². The van der Waals surface area contributed by atoms with Gasteiger partial charge in [-0.25, -0.2) is 4.98 Å². The maximum atomic E-state index is 6.22. The summed E-state index contributed by atoms with van der Waals surface area (Å²) in [5.74, 6) is 0. The molecular weight excluding hydrogens is 390 g/mol. The summed E-state index contributed by atoms with van der Waals surface area (Å²) in [4.78, 5) is 4.93. The number of halogens is 1. The topological polar surface area (TPSA) is 12.9 Å². The fourth-order valence-electron chi connectivity index (χ4n) is 3.62. The van der Waals surface area contributed by atoms with Crippen LogP contribution in [0.2, 0.25) is 5.02 Å². The maximum absolute atomic E-state index is 6.22. The van der Waals surface area contributed by atoms with Crippen LogP contribution in [0.15, 0.2) is 72.8 Å². The van der Waals surface area contributed by atoms with Gasteiger partial charge < -0.3 is 0 Å². The van der Waals surface area contributed by atoms with Gasteiger partial charge in [0.25, 0.3) is 0 Å². The van der Waals surface area contributed by atoms with E-state index in [2.05, 4.69) is 66.7 Å². The number of rotatable bonds is 1. The zero-order chi connectivity index (χ0) is 18.0. The maximum Gasteiger partial charge on any atom is 0.124 e. The highest BCUT2D eigenvalue weighted by atomic mass is 35.5. The second-order valence-electron chi connectivity index (χ2n) is 6.64. The fourth-order valence-corrected chi connectivity index (χ4v) is 5.87. The third-order valence-corrected chi connectivity index (χ3v) is 7.37. The minimum atomic E-state index is 0.781. The van der Waals surface area contributed by atoms with E-state index in [0.29, 0.717) is 0 Å². The Kier molecular flexibility index (Phi) is 3.33. The highest BCUT2D eigenvalue weighted by Gasteiger charge is 2.12. The molecular formula is C23H12ClNS2. The minimum absolute atomic E-state index is 0.781. The first-order chi connectivity index (χ1) is 13.2. The van der Waals surface area contributed by atoms with Gasteiger partial charge in [-0.3, -0.25) is 0 Å². The molecule has 0 unspecified atom stereocenters. The van der Waals surface area contributed by atoms with Gasteiger partial charge in [-0.1, -0.05) is 48.0 Å². The van der Waals surface area contributed by atoms with Gasteiger partial charge in [0.15, 0.2) is 0 Å². The van der Waals surface area contributed by atoms with Crippen molar-refractivity contribution in [1.82, 2.24) is 4.98 Å². The van der Waals surface area contributed by atoms with Crippen LogP contribution in [-0.2, 0) is 0 Å². The van der Waals surface area contributed by atoms with Crippen molar-refractivity contribution in [3.05, 3.63) is 77.8 Å². The molecule has 6 rings (SSSR count). The zero-order valence-electron chi connectivity index (χ0n) is 14.1. The smallest absolute Gasteiger partial charge is 0.124 e. The average Bonchev–Trinajstić information content (AvgIpc) is 3.26. The SMILES string of the molecule is Clc1ccc2sc3cc4nc(-c5ccc6ccccc6c5)sc4cc3c2c1. The summed E-state index contributed by atoms with van der Waals surface area (Å²) in [6.07, 6.45) is 0. The Morgan fingerprint density at radius 1 is 0.667 bits per heavy atom. The number of aromatic nitrogens is 1. The van der Waals surface area contributed by atoms with Crippen LogP contribution in [0.25, 0.3) is 51.7 Å². The molecule has 0 aliphatic heterocycles. The van der Waals surface area contributed by atoms with Crippen molar-refractivity contribution in [1.29, 1.82) is 0 Å². The Morgan fingerprint density at radius 2 is 1.52 bits per heavy atom. The molecule has 0 N–H and O–H groups in total. The molecule has 0 aliphatic carbocycles. The van der Waals surface area contributed by atoms with E-state index >= 15 is 0 Å². The van der Waals surface area contributed by atoms with Crippen molar-refractivity contribution in [2.24, 2.45) is 0 Å². The van der Waals surface area contributed by atoms with Crippen molar-refractivity contribution < 1.29 is 0 Å². The highest BCUT2D eigenvalue weighted by molar-refractivity contribution is 7.26. The minimum Gasteiger partial charge on any atom is -0.236 e. The van der Waals surface area contributed by atoms with Gasteiger partial charge in [0, 0.05) is 30.8 Å². The van der Waals surface area contributed by atoms with Gasteiger partial charge in [0.05, 0.1) is 10.2 Å². The first-order valence-electron chi connectivity index (χ1n) is 8.66. The molecule has 27 heavy (non-hydrogen) atoms. The van der Waals surface area contributed by atoms with Crippen LogP contribution in [0.4, 0.5) is 0 Å².